The van der Waals surface area contributed by atoms with Crippen LogP contribution in [0.2, 0.25) is 0 Å². The number of carbonyl (C=O) groups excluding carboxylic acids is 5. The van der Waals surface area contributed by atoms with E-state index in [0.717, 1.165) is 36.3 Å². The van der Waals surface area contributed by atoms with Crippen molar-refractivity contribution in [2.24, 2.45) is 7.05 Å². The summed E-state index contributed by atoms with van der Waals surface area (Å²) >= 11 is 0. The van der Waals surface area contributed by atoms with E-state index in [0.29, 0.717) is 46.4 Å². The van der Waals surface area contributed by atoms with Gasteiger partial charge in [-0.25, -0.2) is 8.78 Å². The summed E-state index contributed by atoms with van der Waals surface area (Å²) in [5.74, 6) is -4.08. The molecule has 1 saturated heterocycles. The molecule has 7 rings (SSSR count). The lowest BCUT2D eigenvalue weighted by Crippen LogP contribution is -2.54. The number of unbranched alkanes of at least 4 members (excludes halogenated alkanes) is 3. The molecule has 1 unspecified atom stereocenters. The van der Waals surface area contributed by atoms with Crippen molar-refractivity contribution in [2.45, 2.75) is 51.0 Å². The lowest BCUT2D eigenvalue weighted by Gasteiger charge is -2.27. The maximum atomic E-state index is 14.6. The van der Waals surface area contributed by atoms with Gasteiger partial charge < -0.3 is 24.9 Å². The van der Waals surface area contributed by atoms with Gasteiger partial charge in [-0.1, -0.05) is 18.9 Å². The number of benzene rings is 3. The van der Waals surface area contributed by atoms with Crippen molar-refractivity contribution in [3.05, 3.63) is 106 Å². The van der Waals surface area contributed by atoms with Gasteiger partial charge in [-0.05, 0) is 67.8 Å². The van der Waals surface area contributed by atoms with E-state index < -0.39 is 41.3 Å². The van der Waals surface area contributed by atoms with Gasteiger partial charge in [0.1, 0.15) is 23.1 Å². The molecular formula is C40H36F2N6O7. The van der Waals surface area contributed by atoms with Crippen molar-refractivity contribution in [1.29, 1.82) is 0 Å². The number of halogens is 2. The monoisotopic (exact) mass is 750 g/mol. The molecule has 55 heavy (non-hydrogen) atoms. The lowest BCUT2D eigenvalue weighted by atomic mass is 10.0. The van der Waals surface area contributed by atoms with E-state index in [1.165, 1.54) is 10.6 Å². The molecule has 5 aromatic rings. The summed E-state index contributed by atoms with van der Waals surface area (Å²) in [5, 5.41) is 8.92. The summed E-state index contributed by atoms with van der Waals surface area (Å²) < 4.78 is 35.5. The van der Waals surface area contributed by atoms with E-state index >= 15 is 0 Å². The van der Waals surface area contributed by atoms with Crippen molar-refractivity contribution < 1.29 is 37.5 Å². The Morgan fingerprint density at radius 2 is 1.69 bits per heavy atom. The molecule has 2 aliphatic heterocycles. The van der Waals surface area contributed by atoms with E-state index in [2.05, 4.69) is 20.9 Å². The number of anilines is 2. The standard InChI is InChI=1S/C40H36F2N6O7/c1-47-21-27(24-16-18-44-36(24)40(47)54)26-20-23(11-14-31(26)55-32-13-10-22(41)19-28(32)42)45-33(49)9-4-2-3-5-17-43-29-8-6-7-25-35(29)39(53)48(38(25)52)30-12-15-34(50)46-37(30)51/h6-8,10-11,13-14,16,18-21,30,43-44H,2-5,9,12,15,17H2,1H3,(H,45,49)(H,46,50,51). The predicted molar refractivity (Wildman–Crippen MR) is 199 cm³/mol. The fraction of sp³-hybridized carbons (Fsp3) is 0.250. The Morgan fingerprint density at radius 1 is 0.891 bits per heavy atom. The molecule has 0 radical (unpaired) electrons. The molecule has 282 valence electrons. The van der Waals surface area contributed by atoms with Gasteiger partial charge in [-0.3, -0.25) is 39.0 Å². The molecule has 4 N–H and O–H groups in total. The molecule has 5 amide bonds. The third-order valence-electron chi connectivity index (χ3n) is 9.68. The van der Waals surface area contributed by atoms with Crippen LogP contribution in [-0.4, -0.2) is 56.6 Å². The Balaban J connectivity index is 0.946. The molecule has 0 spiro atoms. The van der Waals surface area contributed by atoms with Crippen molar-refractivity contribution in [3.8, 4) is 22.6 Å². The number of aromatic amines is 1. The number of fused-ring (bicyclic) bond motifs is 2. The highest BCUT2D eigenvalue weighted by atomic mass is 19.1. The van der Waals surface area contributed by atoms with Gasteiger partial charge in [-0.2, -0.15) is 0 Å². The Morgan fingerprint density at radius 3 is 2.49 bits per heavy atom. The first-order chi connectivity index (χ1) is 26.5. The van der Waals surface area contributed by atoms with Crippen molar-refractivity contribution in [1.82, 2.24) is 19.8 Å². The third-order valence-corrected chi connectivity index (χ3v) is 9.68. The molecule has 1 fully saturated rings. The third kappa shape index (κ3) is 7.45. The van der Waals surface area contributed by atoms with Crippen LogP contribution in [-0.2, 0) is 21.4 Å². The van der Waals surface area contributed by atoms with Crippen LogP contribution in [0.3, 0.4) is 0 Å². The fourth-order valence-electron chi connectivity index (χ4n) is 6.94. The first kappa shape index (κ1) is 36.7. The normalized spacial score (nSPS) is 15.3. The summed E-state index contributed by atoms with van der Waals surface area (Å²) in [6, 6.07) is 13.4. The second-order valence-electron chi connectivity index (χ2n) is 13.4. The summed E-state index contributed by atoms with van der Waals surface area (Å²) in [6.45, 7) is 0.501. The number of ether oxygens (including phenoxy) is 1. The van der Waals surface area contributed by atoms with Crippen LogP contribution in [0.15, 0.2) is 77.9 Å². The minimum Gasteiger partial charge on any atom is -0.454 e. The second-order valence-corrected chi connectivity index (χ2v) is 13.4. The first-order valence-corrected chi connectivity index (χ1v) is 17.8. The summed E-state index contributed by atoms with van der Waals surface area (Å²) in [6.07, 6.45) is 6.46. The van der Waals surface area contributed by atoms with Gasteiger partial charge in [-0.15, -0.1) is 0 Å². The van der Waals surface area contributed by atoms with Crippen molar-refractivity contribution in [3.63, 3.8) is 0 Å². The molecule has 15 heteroatoms. The fourth-order valence-corrected chi connectivity index (χ4v) is 6.94. The zero-order valence-electron chi connectivity index (χ0n) is 29.7. The summed E-state index contributed by atoms with van der Waals surface area (Å²) in [4.78, 5) is 80.0. The predicted octanol–water partition coefficient (Wildman–Crippen LogP) is 6.01. The van der Waals surface area contributed by atoms with Crippen LogP contribution in [0.5, 0.6) is 11.5 Å². The number of nitrogens with zero attached hydrogens (tertiary/aromatic N) is 2. The van der Waals surface area contributed by atoms with Gasteiger partial charge in [0.25, 0.3) is 17.4 Å². The highest BCUT2D eigenvalue weighted by Gasteiger charge is 2.45. The number of hydrogen-bond donors (Lipinski definition) is 4. The number of aromatic nitrogens is 2. The van der Waals surface area contributed by atoms with Gasteiger partial charge in [0, 0.05) is 72.8 Å². The number of nitrogens with one attached hydrogen (secondary N) is 4. The maximum absolute atomic E-state index is 14.6. The van der Waals surface area contributed by atoms with Crippen LogP contribution in [0.1, 0.15) is 65.7 Å². The zero-order chi connectivity index (χ0) is 38.8. The molecule has 0 saturated carbocycles. The molecule has 0 aliphatic carbocycles. The summed E-state index contributed by atoms with van der Waals surface area (Å²) in [5.41, 5.74) is 2.51. The van der Waals surface area contributed by atoms with Crippen LogP contribution in [0.4, 0.5) is 20.2 Å². The molecule has 1 atom stereocenters. The number of piperidine rings is 1. The largest absolute Gasteiger partial charge is 0.454 e. The van der Waals surface area contributed by atoms with E-state index in [1.54, 1.807) is 61.9 Å². The van der Waals surface area contributed by atoms with Crippen LogP contribution >= 0.6 is 0 Å². The minimum absolute atomic E-state index is 0.0409. The number of hydrogen-bond acceptors (Lipinski definition) is 8. The Bertz CT molecular complexity index is 2440. The van der Waals surface area contributed by atoms with Gasteiger partial charge >= 0.3 is 0 Å². The van der Waals surface area contributed by atoms with E-state index in [-0.39, 0.29) is 53.4 Å². The topological polar surface area (TPSA) is 172 Å². The number of carbonyl (C=O) groups is 5. The zero-order valence-corrected chi connectivity index (χ0v) is 29.7. The Kier molecular flexibility index (Phi) is 10.3. The molecule has 13 nitrogen and oxygen atoms in total. The van der Waals surface area contributed by atoms with Gasteiger partial charge in [0.2, 0.25) is 17.7 Å². The van der Waals surface area contributed by atoms with E-state index in [1.807, 2.05) is 0 Å². The van der Waals surface area contributed by atoms with Crippen LogP contribution < -0.4 is 26.2 Å². The Labute approximate surface area is 312 Å². The molecule has 3 aromatic carbocycles. The van der Waals surface area contributed by atoms with Crippen LogP contribution in [0, 0.1) is 11.6 Å². The average molecular weight is 751 g/mol. The van der Waals surface area contributed by atoms with E-state index in [4.69, 9.17) is 4.74 Å². The molecule has 2 aliphatic rings. The molecule has 4 heterocycles. The average Bonchev–Trinajstić information content (AvgIpc) is 3.74. The maximum Gasteiger partial charge on any atom is 0.274 e. The van der Waals surface area contributed by atoms with E-state index in [9.17, 15) is 37.5 Å². The number of amides is 5. The van der Waals surface area contributed by atoms with Crippen LogP contribution in [0.25, 0.3) is 22.0 Å². The van der Waals surface area contributed by atoms with Gasteiger partial charge in [0.15, 0.2) is 11.6 Å². The first-order valence-electron chi connectivity index (χ1n) is 17.8. The second kappa shape index (κ2) is 15.4. The Hall–Kier alpha value is -6.64. The number of pyridine rings is 1. The van der Waals surface area contributed by atoms with Crippen molar-refractivity contribution in [2.75, 3.05) is 17.2 Å². The quantitative estimate of drug-likeness (QED) is 0.0838. The lowest BCUT2D eigenvalue weighted by molar-refractivity contribution is -0.136. The van der Waals surface area contributed by atoms with Gasteiger partial charge in [0.05, 0.1) is 11.1 Å². The van der Waals surface area contributed by atoms with Crippen molar-refractivity contribution >= 4 is 51.8 Å². The number of aryl methyl sites for hydroxylation is 1. The number of rotatable bonds is 13. The molecule has 2 aromatic heterocycles. The molecule has 0 bridgehead atoms. The number of imide groups is 2. The minimum atomic E-state index is -1.04. The SMILES string of the molecule is Cn1cc(-c2cc(NC(=O)CCCCCCNc3cccc4c3C(=O)N(C3CCC(=O)NC3=O)C4=O)ccc2Oc2ccc(F)cc2F)c2cc[nH]c2c1=O. The highest BCUT2D eigenvalue weighted by Crippen LogP contribution is 2.39. The number of H-pyrrole nitrogens is 1. The smallest absolute Gasteiger partial charge is 0.274 e. The molecular weight excluding hydrogens is 714 g/mol. The highest BCUT2D eigenvalue weighted by molar-refractivity contribution is 6.25. The summed E-state index contributed by atoms with van der Waals surface area (Å²) in [7, 11) is 1.60.